The molecule has 2 aromatic carbocycles. The molecule has 1 atom stereocenters. The second-order valence-electron chi connectivity index (χ2n) is 7.22. The van der Waals surface area contributed by atoms with Crippen molar-refractivity contribution in [3.8, 4) is 5.75 Å². The number of carboxylic acids is 1. The molecule has 2 N–H and O–H groups in total. The second-order valence-corrected chi connectivity index (χ2v) is 7.22. The lowest BCUT2D eigenvalue weighted by Gasteiger charge is -2.26. The fraction of sp³-hybridized carbons (Fsp3) is 0.318. The van der Waals surface area contributed by atoms with Crippen LogP contribution in [0, 0.1) is 0 Å². The lowest BCUT2D eigenvalue weighted by atomic mass is 10.1. The molecule has 0 fully saturated rings. The molecule has 2 amide bonds. The SMILES string of the molecule is CC(C)N(CCC(=O)O)C(=O)c1cccc(NC(=O)C2Cc3ccccc3O2)c1. The van der Waals surface area contributed by atoms with Gasteiger partial charge in [0.25, 0.3) is 11.8 Å². The van der Waals surface area contributed by atoms with Gasteiger partial charge in [0.1, 0.15) is 5.75 Å². The highest BCUT2D eigenvalue weighted by Gasteiger charge is 2.29. The zero-order chi connectivity index (χ0) is 21.0. The van der Waals surface area contributed by atoms with Gasteiger partial charge in [-0.1, -0.05) is 24.3 Å². The quantitative estimate of drug-likeness (QED) is 0.750. The summed E-state index contributed by atoms with van der Waals surface area (Å²) in [6.45, 7) is 3.79. The minimum absolute atomic E-state index is 0.122. The first-order valence-corrected chi connectivity index (χ1v) is 9.53. The Morgan fingerprint density at radius 3 is 2.62 bits per heavy atom. The number of para-hydroxylation sites is 1. The Morgan fingerprint density at radius 1 is 1.17 bits per heavy atom. The molecule has 0 spiro atoms. The van der Waals surface area contributed by atoms with Gasteiger partial charge in [0.15, 0.2) is 6.10 Å². The molecule has 1 unspecified atom stereocenters. The third-order valence-electron chi connectivity index (χ3n) is 4.77. The number of ether oxygens (including phenoxy) is 1. The van der Waals surface area contributed by atoms with Gasteiger partial charge in [0.05, 0.1) is 6.42 Å². The van der Waals surface area contributed by atoms with Crippen LogP contribution in [0.2, 0.25) is 0 Å². The topological polar surface area (TPSA) is 95.9 Å². The number of fused-ring (bicyclic) bond motifs is 1. The van der Waals surface area contributed by atoms with Crippen molar-refractivity contribution in [2.75, 3.05) is 11.9 Å². The van der Waals surface area contributed by atoms with Crippen LogP contribution in [0.3, 0.4) is 0 Å². The van der Waals surface area contributed by atoms with Crippen LogP contribution < -0.4 is 10.1 Å². The summed E-state index contributed by atoms with van der Waals surface area (Å²) in [5.41, 5.74) is 1.86. The third-order valence-corrected chi connectivity index (χ3v) is 4.77. The lowest BCUT2D eigenvalue weighted by molar-refractivity contribution is -0.137. The van der Waals surface area contributed by atoms with E-state index in [0.29, 0.717) is 23.4 Å². The molecule has 3 rings (SSSR count). The van der Waals surface area contributed by atoms with Crippen LogP contribution in [-0.2, 0) is 16.0 Å². The van der Waals surface area contributed by atoms with E-state index in [1.807, 2.05) is 38.1 Å². The zero-order valence-electron chi connectivity index (χ0n) is 16.4. The number of hydrogen-bond acceptors (Lipinski definition) is 4. The van der Waals surface area contributed by atoms with Gasteiger partial charge in [-0.15, -0.1) is 0 Å². The van der Waals surface area contributed by atoms with Gasteiger partial charge in [-0.25, -0.2) is 0 Å². The highest BCUT2D eigenvalue weighted by atomic mass is 16.5. The molecule has 0 bridgehead atoms. The van der Waals surface area contributed by atoms with Crippen LogP contribution in [0.4, 0.5) is 5.69 Å². The number of nitrogens with zero attached hydrogens (tertiary/aromatic N) is 1. The Bertz CT molecular complexity index is 900. The maximum atomic E-state index is 12.8. The average Bonchev–Trinajstić information content (AvgIpc) is 3.12. The molecule has 7 nitrogen and oxygen atoms in total. The van der Waals surface area contributed by atoms with E-state index >= 15 is 0 Å². The lowest BCUT2D eigenvalue weighted by Crippen LogP contribution is -2.38. The molecule has 29 heavy (non-hydrogen) atoms. The smallest absolute Gasteiger partial charge is 0.305 e. The van der Waals surface area contributed by atoms with Crippen molar-refractivity contribution >= 4 is 23.5 Å². The maximum Gasteiger partial charge on any atom is 0.305 e. The van der Waals surface area contributed by atoms with E-state index in [1.165, 1.54) is 4.90 Å². The Labute approximate surface area is 169 Å². The van der Waals surface area contributed by atoms with Gasteiger partial charge in [-0.3, -0.25) is 14.4 Å². The molecule has 0 radical (unpaired) electrons. The number of nitrogens with one attached hydrogen (secondary N) is 1. The molecule has 2 aromatic rings. The summed E-state index contributed by atoms with van der Waals surface area (Å²) in [4.78, 5) is 37.8. The first-order valence-electron chi connectivity index (χ1n) is 9.53. The van der Waals surface area contributed by atoms with Crippen molar-refractivity contribution in [2.24, 2.45) is 0 Å². The molecular formula is C22H24N2O5. The minimum atomic E-state index is -0.956. The monoisotopic (exact) mass is 396 g/mol. The van der Waals surface area contributed by atoms with E-state index < -0.39 is 12.1 Å². The number of hydrogen-bond donors (Lipinski definition) is 2. The fourth-order valence-electron chi connectivity index (χ4n) is 3.26. The molecule has 0 saturated carbocycles. The van der Waals surface area contributed by atoms with E-state index in [-0.39, 0.29) is 30.8 Å². The van der Waals surface area contributed by atoms with E-state index in [0.717, 1.165) is 5.56 Å². The van der Waals surface area contributed by atoms with Crippen molar-refractivity contribution < 1.29 is 24.2 Å². The summed E-state index contributed by atoms with van der Waals surface area (Å²) in [6.07, 6.45) is -0.244. The minimum Gasteiger partial charge on any atom is -0.481 e. The number of aliphatic carboxylic acids is 1. The molecule has 0 aromatic heterocycles. The summed E-state index contributed by atoms with van der Waals surface area (Å²) in [5, 5.41) is 11.7. The summed E-state index contributed by atoms with van der Waals surface area (Å²) >= 11 is 0. The molecule has 0 saturated heterocycles. The Hall–Kier alpha value is -3.35. The Balaban J connectivity index is 1.68. The summed E-state index contributed by atoms with van der Waals surface area (Å²) in [7, 11) is 0. The fourth-order valence-corrected chi connectivity index (χ4v) is 3.26. The van der Waals surface area contributed by atoms with Crippen molar-refractivity contribution in [3.63, 3.8) is 0 Å². The molecule has 7 heteroatoms. The zero-order valence-corrected chi connectivity index (χ0v) is 16.4. The number of benzene rings is 2. The number of anilines is 1. The maximum absolute atomic E-state index is 12.8. The van der Waals surface area contributed by atoms with Gasteiger partial charge in [-0.05, 0) is 43.7 Å². The number of carboxylic acid groups (broad SMARTS) is 1. The van der Waals surface area contributed by atoms with Gasteiger partial charge >= 0.3 is 5.97 Å². The van der Waals surface area contributed by atoms with Crippen LogP contribution in [0.25, 0.3) is 0 Å². The molecular weight excluding hydrogens is 372 g/mol. The Morgan fingerprint density at radius 2 is 1.93 bits per heavy atom. The van der Waals surface area contributed by atoms with Crippen LogP contribution in [-0.4, -0.2) is 46.5 Å². The second kappa shape index (κ2) is 8.77. The van der Waals surface area contributed by atoms with Crippen LogP contribution in [0.1, 0.15) is 36.2 Å². The number of amides is 2. The highest BCUT2D eigenvalue weighted by molar-refractivity contribution is 5.98. The normalized spacial score (nSPS) is 14.8. The first-order chi connectivity index (χ1) is 13.8. The molecule has 1 heterocycles. The number of rotatable bonds is 7. The molecule has 0 aliphatic carbocycles. The standard InChI is InChI=1S/C22H24N2O5/c1-14(2)24(11-10-20(25)26)22(28)16-7-5-8-17(12-16)23-21(27)19-13-15-6-3-4-9-18(15)29-19/h3-9,12,14,19H,10-11,13H2,1-2H3,(H,23,27)(H,25,26). The van der Waals surface area contributed by atoms with Crippen molar-refractivity contribution in [1.82, 2.24) is 4.90 Å². The van der Waals surface area contributed by atoms with Gasteiger partial charge < -0.3 is 20.1 Å². The van der Waals surface area contributed by atoms with Gasteiger partial charge in [0, 0.05) is 30.3 Å². The summed E-state index contributed by atoms with van der Waals surface area (Å²) in [5.74, 6) is -0.802. The average molecular weight is 396 g/mol. The number of carbonyl (C=O) groups is 3. The van der Waals surface area contributed by atoms with E-state index in [1.54, 1.807) is 24.3 Å². The van der Waals surface area contributed by atoms with Crippen LogP contribution >= 0.6 is 0 Å². The van der Waals surface area contributed by atoms with Crippen molar-refractivity contribution in [1.29, 1.82) is 0 Å². The molecule has 1 aliphatic rings. The highest BCUT2D eigenvalue weighted by Crippen LogP contribution is 2.28. The van der Waals surface area contributed by atoms with E-state index in [4.69, 9.17) is 9.84 Å². The van der Waals surface area contributed by atoms with E-state index in [2.05, 4.69) is 5.32 Å². The van der Waals surface area contributed by atoms with Crippen LogP contribution in [0.15, 0.2) is 48.5 Å². The first kappa shape index (κ1) is 20.4. The van der Waals surface area contributed by atoms with Crippen LogP contribution in [0.5, 0.6) is 5.75 Å². The molecule has 152 valence electrons. The Kier molecular flexibility index (Phi) is 6.16. The van der Waals surface area contributed by atoms with Gasteiger partial charge in [0.2, 0.25) is 0 Å². The summed E-state index contributed by atoms with van der Waals surface area (Å²) < 4.78 is 5.70. The van der Waals surface area contributed by atoms with Gasteiger partial charge in [-0.2, -0.15) is 0 Å². The predicted octanol–water partition coefficient (Wildman–Crippen LogP) is 2.95. The third kappa shape index (κ3) is 4.93. The number of carbonyl (C=O) groups excluding carboxylic acids is 2. The van der Waals surface area contributed by atoms with Crippen molar-refractivity contribution in [2.45, 2.75) is 38.8 Å². The van der Waals surface area contributed by atoms with Crippen molar-refractivity contribution in [3.05, 3.63) is 59.7 Å². The van der Waals surface area contributed by atoms with E-state index in [9.17, 15) is 14.4 Å². The largest absolute Gasteiger partial charge is 0.481 e. The molecule has 1 aliphatic heterocycles. The predicted molar refractivity (Wildman–Crippen MR) is 108 cm³/mol. The summed E-state index contributed by atoms with van der Waals surface area (Å²) in [6, 6.07) is 14.0.